The van der Waals surface area contributed by atoms with E-state index < -0.39 is 0 Å². The van der Waals surface area contributed by atoms with Gasteiger partial charge in [0.2, 0.25) is 5.95 Å². The number of fused-ring (bicyclic) bond motifs is 1. The number of aryl methyl sites for hydroxylation is 1. The summed E-state index contributed by atoms with van der Waals surface area (Å²) in [6.07, 6.45) is 3.49. The molecule has 2 aromatic heterocycles. The highest BCUT2D eigenvalue weighted by Gasteiger charge is 2.17. The smallest absolute Gasteiger partial charge is 0.240 e. The summed E-state index contributed by atoms with van der Waals surface area (Å²) in [4.78, 5) is 11.3. The molecule has 1 unspecified atom stereocenters. The molecule has 2 aromatic rings. The molecule has 0 saturated carbocycles. The lowest BCUT2D eigenvalue weighted by atomic mass is 10.2. The second-order valence-corrected chi connectivity index (χ2v) is 7.15. The summed E-state index contributed by atoms with van der Waals surface area (Å²) in [7, 11) is 0. The highest BCUT2D eigenvalue weighted by atomic mass is 32.2. The van der Waals surface area contributed by atoms with E-state index in [4.69, 9.17) is 5.84 Å². The fourth-order valence-electron chi connectivity index (χ4n) is 2.37. The summed E-state index contributed by atoms with van der Waals surface area (Å²) in [6.45, 7) is 2.16. The van der Waals surface area contributed by atoms with Crippen molar-refractivity contribution >= 4 is 45.1 Å². The molecule has 0 aliphatic carbocycles. The molecule has 1 fully saturated rings. The van der Waals surface area contributed by atoms with Crippen LogP contribution in [0.5, 0.6) is 0 Å². The third-order valence-corrected chi connectivity index (χ3v) is 5.81. The fourth-order valence-corrected chi connectivity index (χ4v) is 4.41. The third-order valence-electron chi connectivity index (χ3n) is 3.42. The van der Waals surface area contributed by atoms with E-state index in [1.807, 2.05) is 11.8 Å². The van der Waals surface area contributed by atoms with Gasteiger partial charge in [0, 0.05) is 16.7 Å². The average Bonchev–Trinajstić information content (AvgIpc) is 2.91. The standard InChI is InChI=1S/C13H19N5S2/c1-2-9-6-10-11(15-8-4-3-5-19-7-8)16-13(18-14)17-12(10)20-9/h6,8H,2-5,7,14H2,1H3,(H2,15,16,17,18). The van der Waals surface area contributed by atoms with Crippen LogP contribution in [0.2, 0.25) is 0 Å². The molecule has 0 aromatic carbocycles. The summed E-state index contributed by atoms with van der Waals surface area (Å²) in [6, 6.07) is 2.68. The first-order chi connectivity index (χ1) is 9.80. The first kappa shape index (κ1) is 13.9. The Hall–Kier alpha value is -1.05. The molecular formula is C13H19N5S2. The second kappa shape index (κ2) is 6.15. The van der Waals surface area contributed by atoms with Gasteiger partial charge in [0.05, 0.1) is 5.39 Å². The zero-order valence-corrected chi connectivity index (χ0v) is 13.1. The van der Waals surface area contributed by atoms with Gasteiger partial charge in [-0.3, -0.25) is 5.43 Å². The van der Waals surface area contributed by atoms with Gasteiger partial charge in [0.25, 0.3) is 0 Å². The molecule has 3 rings (SSSR count). The number of nitrogens with one attached hydrogen (secondary N) is 2. The van der Waals surface area contributed by atoms with Gasteiger partial charge in [-0.2, -0.15) is 16.7 Å². The lowest BCUT2D eigenvalue weighted by Crippen LogP contribution is -2.26. The van der Waals surface area contributed by atoms with Crippen molar-refractivity contribution in [2.75, 3.05) is 22.2 Å². The quantitative estimate of drug-likeness (QED) is 0.595. The van der Waals surface area contributed by atoms with E-state index >= 15 is 0 Å². The molecule has 1 aliphatic rings. The van der Waals surface area contributed by atoms with Crippen LogP contribution in [-0.2, 0) is 6.42 Å². The summed E-state index contributed by atoms with van der Waals surface area (Å²) < 4.78 is 0. The van der Waals surface area contributed by atoms with Crippen LogP contribution in [0.1, 0.15) is 24.6 Å². The van der Waals surface area contributed by atoms with E-state index in [-0.39, 0.29) is 0 Å². The summed E-state index contributed by atoms with van der Waals surface area (Å²) in [5.74, 6) is 9.28. The number of aromatic nitrogens is 2. The number of anilines is 2. The number of hydrogen-bond donors (Lipinski definition) is 3. The number of hydrazine groups is 1. The zero-order chi connectivity index (χ0) is 13.9. The Morgan fingerprint density at radius 1 is 1.45 bits per heavy atom. The lowest BCUT2D eigenvalue weighted by molar-refractivity contribution is 0.683. The van der Waals surface area contributed by atoms with Crippen LogP contribution in [0, 0.1) is 0 Å². The molecule has 5 nitrogen and oxygen atoms in total. The van der Waals surface area contributed by atoms with Gasteiger partial charge in [0.15, 0.2) is 0 Å². The van der Waals surface area contributed by atoms with Crippen molar-refractivity contribution in [3.63, 3.8) is 0 Å². The minimum Gasteiger partial charge on any atom is -0.366 e. The topological polar surface area (TPSA) is 75.9 Å². The molecule has 20 heavy (non-hydrogen) atoms. The average molecular weight is 309 g/mol. The van der Waals surface area contributed by atoms with Crippen LogP contribution in [0.25, 0.3) is 10.2 Å². The van der Waals surface area contributed by atoms with Crippen molar-refractivity contribution in [1.82, 2.24) is 9.97 Å². The molecule has 1 atom stereocenters. The van der Waals surface area contributed by atoms with Crippen molar-refractivity contribution in [3.8, 4) is 0 Å². The van der Waals surface area contributed by atoms with Gasteiger partial charge in [-0.25, -0.2) is 10.8 Å². The number of thioether (sulfide) groups is 1. The first-order valence-corrected chi connectivity index (χ1v) is 8.88. The van der Waals surface area contributed by atoms with E-state index in [0.717, 1.165) is 28.2 Å². The van der Waals surface area contributed by atoms with Gasteiger partial charge in [-0.1, -0.05) is 6.92 Å². The van der Waals surface area contributed by atoms with Gasteiger partial charge >= 0.3 is 0 Å². The van der Waals surface area contributed by atoms with E-state index in [1.54, 1.807) is 11.3 Å². The maximum absolute atomic E-state index is 5.48. The summed E-state index contributed by atoms with van der Waals surface area (Å²) in [5, 5.41) is 4.69. The fraction of sp³-hybridized carbons (Fsp3) is 0.538. The van der Waals surface area contributed by atoms with Gasteiger partial charge in [-0.15, -0.1) is 11.3 Å². The minimum absolute atomic E-state index is 0.480. The number of nitrogen functional groups attached to an aromatic ring is 1. The van der Waals surface area contributed by atoms with Crippen LogP contribution in [-0.4, -0.2) is 27.5 Å². The Morgan fingerprint density at radius 3 is 3.05 bits per heavy atom. The summed E-state index contributed by atoms with van der Waals surface area (Å²) in [5.41, 5.74) is 2.56. The normalized spacial score (nSPS) is 19.2. The molecule has 0 bridgehead atoms. The Bertz CT molecular complexity index is 592. The van der Waals surface area contributed by atoms with Crippen molar-refractivity contribution in [3.05, 3.63) is 10.9 Å². The Kier molecular flexibility index (Phi) is 4.28. The monoisotopic (exact) mass is 309 g/mol. The van der Waals surface area contributed by atoms with E-state index in [9.17, 15) is 0 Å². The maximum atomic E-state index is 5.48. The maximum Gasteiger partial charge on any atom is 0.240 e. The molecule has 3 heterocycles. The lowest BCUT2D eigenvalue weighted by Gasteiger charge is -2.23. The minimum atomic E-state index is 0.480. The zero-order valence-electron chi connectivity index (χ0n) is 11.5. The van der Waals surface area contributed by atoms with Crippen LogP contribution in [0.15, 0.2) is 6.07 Å². The molecule has 0 radical (unpaired) electrons. The highest BCUT2D eigenvalue weighted by molar-refractivity contribution is 7.99. The molecule has 0 spiro atoms. The Labute approximate surface area is 126 Å². The highest BCUT2D eigenvalue weighted by Crippen LogP contribution is 2.31. The van der Waals surface area contributed by atoms with Crippen LogP contribution in [0.3, 0.4) is 0 Å². The molecule has 1 aliphatic heterocycles. The number of hydrogen-bond acceptors (Lipinski definition) is 7. The number of nitrogens with zero attached hydrogens (tertiary/aromatic N) is 2. The largest absolute Gasteiger partial charge is 0.366 e. The summed E-state index contributed by atoms with van der Waals surface area (Å²) >= 11 is 3.71. The van der Waals surface area contributed by atoms with Gasteiger partial charge in [0.1, 0.15) is 10.6 Å². The number of nitrogens with two attached hydrogens (primary N) is 1. The van der Waals surface area contributed by atoms with E-state index in [0.29, 0.717) is 12.0 Å². The van der Waals surface area contributed by atoms with Crippen LogP contribution in [0.4, 0.5) is 11.8 Å². The van der Waals surface area contributed by atoms with E-state index in [2.05, 4.69) is 33.7 Å². The van der Waals surface area contributed by atoms with E-state index in [1.165, 1.54) is 23.5 Å². The van der Waals surface area contributed by atoms with Gasteiger partial charge < -0.3 is 5.32 Å². The van der Waals surface area contributed by atoms with Gasteiger partial charge in [-0.05, 0) is 31.1 Å². The first-order valence-electron chi connectivity index (χ1n) is 6.91. The molecule has 7 heteroatoms. The van der Waals surface area contributed by atoms with Crippen molar-refractivity contribution in [2.45, 2.75) is 32.2 Å². The van der Waals surface area contributed by atoms with Crippen LogP contribution >= 0.6 is 23.1 Å². The number of thiophene rings is 1. The predicted molar refractivity (Wildman–Crippen MR) is 88.6 cm³/mol. The molecule has 1 saturated heterocycles. The van der Waals surface area contributed by atoms with Crippen LogP contribution < -0.4 is 16.6 Å². The molecule has 108 valence electrons. The predicted octanol–water partition coefficient (Wildman–Crippen LogP) is 2.85. The SMILES string of the molecule is CCc1cc2c(NC3CCCSC3)nc(NN)nc2s1. The Balaban J connectivity index is 1.95. The second-order valence-electron chi connectivity index (χ2n) is 4.88. The molecule has 0 amide bonds. The molecule has 4 N–H and O–H groups in total. The van der Waals surface area contributed by atoms with Crippen molar-refractivity contribution in [2.24, 2.45) is 5.84 Å². The molecular weight excluding hydrogens is 290 g/mol. The number of rotatable bonds is 4. The van der Waals surface area contributed by atoms with Crippen molar-refractivity contribution < 1.29 is 0 Å². The van der Waals surface area contributed by atoms with Crippen molar-refractivity contribution in [1.29, 1.82) is 0 Å². The third kappa shape index (κ3) is 2.84. The Morgan fingerprint density at radius 2 is 2.35 bits per heavy atom.